The third-order valence-electron chi connectivity index (χ3n) is 1.56. The highest BCUT2D eigenvalue weighted by atomic mass is 35.5. The van der Waals surface area contributed by atoms with Crippen molar-refractivity contribution in [1.82, 2.24) is 0 Å². The molecule has 0 aromatic heterocycles. The van der Waals surface area contributed by atoms with E-state index in [-0.39, 0.29) is 0 Å². The molecule has 0 radical (unpaired) electrons. The van der Waals surface area contributed by atoms with Gasteiger partial charge in [-0.1, -0.05) is 17.7 Å². The summed E-state index contributed by atoms with van der Waals surface area (Å²) in [6.07, 6.45) is 1.48. The van der Waals surface area contributed by atoms with Crippen LogP contribution in [-0.4, -0.2) is 6.08 Å². The molecule has 0 atom stereocenters. The zero-order valence-electron chi connectivity index (χ0n) is 6.89. The summed E-state index contributed by atoms with van der Waals surface area (Å²) in [5.41, 5.74) is 2.46. The number of hydrogen-bond acceptors (Lipinski definition) is 2. The standard InChI is InChI=1S/C9H8ClNO/c1-6-3-7(2)9(11-5-12)8(10)4-6/h3-4H,1-2H3. The van der Waals surface area contributed by atoms with Gasteiger partial charge in [-0.3, -0.25) is 0 Å². The maximum atomic E-state index is 10.0. The zero-order chi connectivity index (χ0) is 9.14. The second kappa shape index (κ2) is 3.53. The van der Waals surface area contributed by atoms with Crippen LogP contribution in [0.4, 0.5) is 5.69 Å². The number of carbonyl (C=O) groups excluding carboxylic acids is 1. The van der Waals surface area contributed by atoms with Gasteiger partial charge in [0.25, 0.3) is 0 Å². The van der Waals surface area contributed by atoms with Crippen LogP contribution in [0.25, 0.3) is 0 Å². The van der Waals surface area contributed by atoms with E-state index in [9.17, 15) is 4.79 Å². The van der Waals surface area contributed by atoms with Crippen LogP contribution in [0, 0.1) is 13.8 Å². The van der Waals surface area contributed by atoms with E-state index >= 15 is 0 Å². The molecular weight excluding hydrogens is 174 g/mol. The molecule has 1 aromatic rings. The maximum Gasteiger partial charge on any atom is 0.240 e. The van der Waals surface area contributed by atoms with Crippen molar-refractivity contribution in [2.75, 3.05) is 0 Å². The Kier molecular flexibility index (Phi) is 2.64. The fraction of sp³-hybridized carbons (Fsp3) is 0.222. The zero-order valence-corrected chi connectivity index (χ0v) is 7.64. The molecule has 0 amide bonds. The SMILES string of the molecule is Cc1cc(C)c(N=C=O)c(Cl)c1. The quantitative estimate of drug-likeness (QED) is 0.484. The van der Waals surface area contributed by atoms with Gasteiger partial charge in [0.05, 0.1) is 10.7 Å². The maximum absolute atomic E-state index is 10.0. The van der Waals surface area contributed by atoms with Crippen molar-refractivity contribution in [3.8, 4) is 0 Å². The molecule has 12 heavy (non-hydrogen) atoms. The molecule has 0 spiro atoms. The molecule has 2 nitrogen and oxygen atoms in total. The van der Waals surface area contributed by atoms with E-state index < -0.39 is 0 Å². The highest BCUT2D eigenvalue weighted by Crippen LogP contribution is 2.29. The van der Waals surface area contributed by atoms with Crippen molar-refractivity contribution in [1.29, 1.82) is 0 Å². The van der Waals surface area contributed by atoms with Crippen LogP contribution in [0.15, 0.2) is 17.1 Å². The van der Waals surface area contributed by atoms with E-state index in [1.807, 2.05) is 19.9 Å². The van der Waals surface area contributed by atoms with Crippen LogP contribution in [0.1, 0.15) is 11.1 Å². The Hall–Kier alpha value is -1.11. The summed E-state index contributed by atoms with van der Waals surface area (Å²) >= 11 is 5.84. The first-order chi connectivity index (χ1) is 5.65. The third-order valence-corrected chi connectivity index (χ3v) is 1.84. The summed E-state index contributed by atoms with van der Waals surface area (Å²) < 4.78 is 0. The van der Waals surface area contributed by atoms with Crippen molar-refractivity contribution in [2.24, 2.45) is 4.99 Å². The number of aliphatic imine (C=N–C) groups is 1. The van der Waals surface area contributed by atoms with Gasteiger partial charge in [-0.15, -0.1) is 0 Å². The Morgan fingerprint density at radius 1 is 1.42 bits per heavy atom. The second-order valence-corrected chi connectivity index (χ2v) is 3.02. The smallest absolute Gasteiger partial charge is 0.211 e. The predicted molar refractivity (Wildman–Crippen MR) is 48.7 cm³/mol. The summed E-state index contributed by atoms with van der Waals surface area (Å²) in [7, 11) is 0. The molecule has 0 N–H and O–H groups in total. The Bertz CT molecular complexity index is 331. The normalized spacial score (nSPS) is 9.25. The van der Waals surface area contributed by atoms with Crippen LogP contribution in [0.2, 0.25) is 5.02 Å². The number of rotatable bonds is 1. The van der Waals surface area contributed by atoms with Crippen LogP contribution in [0.5, 0.6) is 0 Å². The van der Waals surface area contributed by atoms with E-state index in [4.69, 9.17) is 11.6 Å². The molecule has 0 unspecified atom stereocenters. The summed E-state index contributed by atoms with van der Waals surface area (Å²) in [4.78, 5) is 13.5. The summed E-state index contributed by atoms with van der Waals surface area (Å²) in [5, 5.41) is 0.496. The van der Waals surface area contributed by atoms with Crippen LogP contribution in [0.3, 0.4) is 0 Å². The van der Waals surface area contributed by atoms with Gasteiger partial charge < -0.3 is 0 Å². The first-order valence-corrected chi connectivity index (χ1v) is 3.87. The van der Waals surface area contributed by atoms with E-state index in [0.29, 0.717) is 10.7 Å². The van der Waals surface area contributed by atoms with Gasteiger partial charge in [-0.05, 0) is 31.0 Å². The average molecular weight is 182 g/mol. The lowest BCUT2D eigenvalue weighted by Crippen LogP contribution is -1.79. The van der Waals surface area contributed by atoms with Gasteiger partial charge in [0, 0.05) is 0 Å². The number of nitrogens with zero attached hydrogens (tertiary/aromatic N) is 1. The molecule has 0 saturated carbocycles. The molecule has 0 heterocycles. The molecule has 0 aliphatic heterocycles. The van der Waals surface area contributed by atoms with Crippen molar-refractivity contribution in [2.45, 2.75) is 13.8 Å². The molecule has 1 rings (SSSR count). The molecule has 0 saturated heterocycles. The lowest BCUT2D eigenvalue weighted by Gasteiger charge is -2.01. The topological polar surface area (TPSA) is 29.4 Å². The summed E-state index contributed by atoms with van der Waals surface area (Å²) in [5.74, 6) is 0. The second-order valence-electron chi connectivity index (χ2n) is 2.62. The van der Waals surface area contributed by atoms with Gasteiger partial charge in [0.15, 0.2) is 0 Å². The van der Waals surface area contributed by atoms with E-state index in [1.54, 1.807) is 6.07 Å². The van der Waals surface area contributed by atoms with E-state index in [2.05, 4.69) is 4.99 Å². The van der Waals surface area contributed by atoms with Crippen molar-refractivity contribution in [3.63, 3.8) is 0 Å². The number of hydrogen-bond donors (Lipinski definition) is 0. The monoisotopic (exact) mass is 181 g/mol. The lowest BCUT2D eigenvalue weighted by atomic mass is 10.1. The van der Waals surface area contributed by atoms with Crippen LogP contribution in [-0.2, 0) is 4.79 Å². The molecule has 0 aliphatic carbocycles. The highest BCUT2D eigenvalue weighted by molar-refractivity contribution is 6.33. The Morgan fingerprint density at radius 3 is 2.58 bits per heavy atom. The lowest BCUT2D eigenvalue weighted by molar-refractivity contribution is 0.565. The predicted octanol–water partition coefficient (Wildman–Crippen LogP) is 2.92. The van der Waals surface area contributed by atoms with Crippen molar-refractivity contribution >= 4 is 23.4 Å². The number of aryl methyl sites for hydroxylation is 2. The minimum atomic E-state index is 0.496. The molecule has 1 aromatic carbocycles. The van der Waals surface area contributed by atoms with Gasteiger partial charge in [0.2, 0.25) is 6.08 Å². The molecule has 3 heteroatoms. The molecule has 0 bridgehead atoms. The molecule has 0 aliphatic rings. The highest BCUT2D eigenvalue weighted by Gasteiger charge is 2.02. The first kappa shape index (κ1) is 8.98. The minimum absolute atomic E-state index is 0.496. The minimum Gasteiger partial charge on any atom is -0.211 e. The van der Waals surface area contributed by atoms with E-state index in [1.165, 1.54) is 6.08 Å². The molecule has 62 valence electrons. The largest absolute Gasteiger partial charge is 0.240 e. The Balaban J connectivity index is 3.37. The number of isocyanates is 1. The number of benzene rings is 1. The average Bonchev–Trinajstić information content (AvgIpc) is 1.96. The van der Waals surface area contributed by atoms with Gasteiger partial charge in [0.1, 0.15) is 0 Å². The molecule has 0 fully saturated rings. The summed E-state index contributed by atoms with van der Waals surface area (Å²) in [6, 6.07) is 3.69. The van der Waals surface area contributed by atoms with Gasteiger partial charge in [-0.2, -0.15) is 4.99 Å². The Morgan fingerprint density at radius 2 is 2.08 bits per heavy atom. The molecular formula is C9H8ClNO. The van der Waals surface area contributed by atoms with Gasteiger partial charge >= 0.3 is 0 Å². The third kappa shape index (κ3) is 1.73. The fourth-order valence-electron chi connectivity index (χ4n) is 1.10. The van der Waals surface area contributed by atoms with Crippen LogP contribution < -0.4 is 0 Å². The Labute approximate surface area is 75.9 Å². The van der Waals surface area contributed by atoms with Gasteiger partial charge in [-0.25, -0.2) is 4.79 Å². The van der Waals surface area contributed by atoms with Crippen molar-refractivity contribution < 1.29 is 4.79 Å². The number of halogens is 1. The fourth-order valence-corrected chi connectivity index (χ4v) is 1.46. The first-order valence-electron chi connectivity index (χ1n) is 3.50. The summed E-state index contributed by atoms with van der Waals surface area (Å²) in [6.45, 7) is 3.79. The van der Waals surface area contributed by atoms with Crippen LogP contribution >= 0.6 is 11.6 Å². The van der Waals surface area contributed by atoms with Crippen molar-refractivity contribution in [3.05, 3.63) is 28.3 Å². The van der Waals surface area contributed by atoms with E-state index in [0.717, 1.165) is 11.1 Å².